The molecule has 0 bridgehead atoms. The number of anilines is 2. The highest BCUT2D eigenvalue weighted by Gasteiger charge is 2.14. The molecule has 0 aliphatic carbocycles. The normalized spacial score (nSPS) is 10.7. The second-order valence-electron chi connectivity index (χ2n) is 5.16. The van der Waals surface area contributed by atoms with Crippen LogP contribution in [0.2, 0.25) is 0 Å². The fourth-order valence-electron chi connectivity index (χ4n) is 2.27. The van der Waals surface area contributed by atoms with Gasteiger partial charge in [-0.15, -0.1) is 0 Å². The molecule has 1 aromatic heterocycles. The summed E-state index contributed by atoms with van der Waals surface area (Å²) in [5.41, 5.74) is 1.37. The number of aryl methyl sites for hydroxylation is 2. The lowest BCUT2D eigenvalue weighted by Gasteiger charge is -2.20. The van der Waals surface area contributed by atoms with Gasteiger partial charge >= 0.3 is 11.1 Å². The van der Waals surface area contributed by atoms with Gasteiger partial charge in [-0.2, -0.15) is 0 Å². The number of aromatic nitrogens is 2. The lowest BCUT2D eigenvalue weighted by molar-refractivity contribution is -0.114. The van der Waals surface area contributed by atoms with Crippen molar-refractivity contribution in [2.75, 3.05) is 24.3 Å². The van der Waals surface area contributed by atoms with Crippen molar-refractivity contribution in [1.29, 1.82) is 0 Å². The molecule has 0 unspecified atom stereocenters. The number of benzene rings is 1. The van der Waals surface area contributed by atoms with Crippen molar-refractivity contribution in [3.8, 4) is 0 Å². The topological polar surface area (TPSA) is 76.3 Å². The van der Waals surface area contributed by atoms with Crippen molar-refractivity contribution in [3.63, 3.8) is 0 Å². The van der Waals surface area contributed by atoms with Crippen LogP contribution in [0.5, 0.6) is 0 Å². The van der Waals surface area contributed by atoms with Crippen molar-refractivity contribution < 1.29 is 4.79 Å². The SMILES string of the molecule is CC(=O)Nc1cc2c(cc1N(C)C)n(C)c(=O)c(=O)n2C. The Bertz CT molecular complexity index is 846. The first-order chi connectivity index (χ1) is 9.73. The van der Waals surface area contributed by atoms with Crippen LogP contribution in [0.4, 0.5) is 11.4 Å². The summed E-state index contributed by atoms with van der Waals surface area (Å²) >= 11 is 0. The van der Waals surface area contributed by atoms with Crippen molar-refractivity contribution in [2.45, 2.75) is 6.92 Å². The van der Waals surface area contributed by atoms with Crippen molar-refractivity contribution in [1.82, 2.24) is 9.13 Å². The molecular formula is C14H18N4O3. The molecule has 7 nitrogen and oxygen atoms in total. The van der Waals surface area contributed by atoms with Crippen LogP contribution in [0.3, 0.4) is 0 Å². The van der Waals surface area contributed by atoms with Gasteiger partial charge in [0.15, 0.2) is 0 Å². The van der Waals surface area contributed by atoms with Crippen LogP contribution < -0.4 is 21.3 Å². The standard InChI is InChI=1S/C14H18N4O3/c1-8(19)15-9-6-11-12(7-10(9)16(2)3)18(5)14(21)13(20)17(11)4/h6-7H,1-5H3,(H,15,19). The molecule has 0 spiro atoms. The first-order valence-electron chi connectivity index (χ1n) is 6.42. The summed E-state index contributed by atoms with van der Waals surface area (Å²) in [6.45, 7) is 1.42. The zero-order valence-corrected chi connectivity index (χ0v) is 12.7. The Morgan fingerprint density at radius 1 is 1.05 bits per heavy atom. The number of fused-ring (bicyclic) bond motifs is 1. The van der Waals surface area contributed by atoms with Crippen LogP contribution in [0.25, 0.3) is 11.0 Å². The van der Waals surface area contributed by atoms with E-state index in [0.29, 0.717) is 16.7 Å². The van der Waals surface area contributed by atoms with Crippen LogP contribution in [0, 0.1) is 0 Å². The van der Waals surface area contributed by atoms with E-state index in [1.54, 1.807) is 26.2 Å². The quantitative estimate of drug-likeness (QED) is 0.805. The lowest BCUT2D eigenvalue weighted by Crippen LogP contribution is -2.39. The first kappa shape index (κ1) is 14.8. The highest BCUT2D eigenvalue weighted by atomic mass is 16.2. The van der Waals surface area contributed by atoms with Crippen LogP contribution in [-0.2, 0) is 18.9 Å². The largest absolute Gasteiger partial charge is 0.376 e. The third-order valence-corrected chi connectivity index (χ3v) is 3.40. The molecule has 1 amide bonds. The maximum atomic E-state index is 11.9. The molecule has 0 atom stereocenters. The van der Waals surface area contributed by atoms with Gasteiger partial charge in [0.25, 0.3) is 0 Å². The van der Waals surface area contributed by atoms with Gasteiger partial charge in [-0.1, -0.05) is 0 Å². The van der Waals surface area contributed by atoms with E-state index in [1.807, 2.05) is 19.0 Å². The number of nitrogens with one attached hydrogen (secondary N) is 1. The lowest BCUT2D eigenvalue weighted by atomic mass is 10.2. The summed E-state index contributed by atoms with van der Waals surface area (Å²) in [5, 5.41) is 2.74. The maximum absolute atomic E-state index is 11.9. The molecule has 7 heteroatoms. The molecule has 0 aliphatic heterocycles. The monoisotopic (exact) mass is 290 g/mol. The predicted octanol–water partition coefficient (Wildman–Crippen LogP) is 0.262. The van der Waals surface area contributed by atoms with E-state index in [9.17, 15) is 14.4 Å². The summed E-state index contributed by atoms with van der Waals surface area (Å²) in [6, 6.07) is 3.48. The Hall–Kier alpha value is -2.57. The molecule has 21 heavy (non-hydrogen) atoms. The van der Waals surface area contributed by atoms with E-state index in [-0.39, 0.29) is 5.91 Å². The molecule has 0 aliphatic rings. The average molecular weight is 290 g/mol. The number of hydrogen-bond acceptors (Lipinski definition) is 4. The smallest absolute Gasteiger partial charge is 0.316 e. The third kappa shape index (κ3) is 2.42. The van der Waals surface area contributed by atoms with Gasteiger partial charge in [0, 0.05) is 35.1 Å². The first-order valence-corrected chi connectivity index (χ1v) is 6.42. The van der Waals surface area contributed by atoms with Crippen molar-refractivity contribution in [2.24, 2.45) is 14.1 Å². The number of hydrogen-bond donors (Lipinski definition) is 1. The average Bonchev–Trinajstić information content (AvgIpc) is 2.41. The summed E-state index contributed by atoms with van der Waals surface area (Å²) in [5.74, 6) is -0.202. The number of carbonyl (C=O) groups excluding carboxylic acids is 1. The van der Waals surface area contributed by atoms with Crippen LogP contribution >= 0.6 is 0 Å². The molecule has 2 rings (SSSR count). The van der Waals surface area contributed by atoms with E-state index < -0.39 is 11.1 Å². The number of nitrogens with zero attached hydrogens (tertiary/aromatic N) is 3. The molecule has 1 heterocycles. The van der Waals surface area contributed by atoms with Gasteiger partial charge in [0.2, 0.25) is 5.91 Å². The van der Waals surface area contributed by atoms with Crippen LogP contribution in [-0.4, -0.2) is 29.1 Å². The third-order valence-electron chi connectivity index (χ3n) is 3.40. The summed E-state index contributed by atoms with van der Waals surface area (Å²) < 4.78 is 2.62. The molecule has 0 radical (unpaired) electrons. The van der Waals surface area contributed by atoms with E-state index >= 15 is 0 Å². The second-order valence-corrected chi connectivity index (χ2v) is 5.16. The highest BCUT2D eigenvalue weighted by Crippen LogP contribution is 2.29. The highest BCUT2D eigenvalue weighted by molar-refractivity contribution is 5.97. The second kappa shape index (κ2) is 5.08. The molecule has 1 aromatic carbocycles. The van der Waals surface area contributed by atoms with E-state index in [1.165, 1.54) is 16.1 Å². The molecule has 1 N–H and O–H groups in total. The molecule has 0 saturated heterocycles. The Labute approximate surface area is 121 Å². The maximum Gasteiger partial charge on any atom is 0.316 e. The molecule has 0 saturated carbocycles. The van der Waals surface area contributed by atoms with Gasteiger partial charge < -0.3 is 19.4 Å². The Morgan fingerprint density at radius 2 is 1.52 bits per heavy atom. The van der Waals surface area contributed by atoms with E-state index in [4.69, 9.17) is 0 Å². The Morgan fingerprint density at radius 3 is 1.95 bits per heavy atom. The van der Waals surface area contributed by atoms with Gasteiger partial charge in [0.05, 0.1) is 22.4 Å². The van der Waals surface area contributed by atoms with Gasteiger partial charge in [-0.3, -0.25) is 14.4 Å². The molecular weight excluding hydrogens is 272 g/mol. The predicted molar refractivity (Wildman–Crippen MR) is 83.1 cm³/mol. The van der Waals surface area contributed by atoms with Gasteiger partial charge in [-0.25, -0.2) is 0 Å². The van der Waals surface area contributed by atoms with Crippen molar-refractivity contribution in [3.05, 3.63) is 32.8 Å². The zero-order valence-electron chi connectivity index (χ0n) is 12.7. The fraction of sp³-hybridized carbons (Fsp3) is 0.357. The summed E-state index contributed by atoms with van der Waals surface area (Å²) in [6.07, 6.45) is 0. The fourth-order valence-corrected chi connectivity index (χ4v) is 2.27. The number of carbonyl (C=O) groups is 1. The summed E-state index contributed by atoms with van der Waals surface area (Å²) in [7, 11) is 6.78. The van der Waals surface area contributed by atoms with Crippen LogP contribution in [0.15, 0.2) is 21.7 Å². The number of rotatable bonds is 2. The van der Waals surface area contributed by atoms with Gasteiger partial charge in [-0.05, 0) is 12.1 Å². The number of amides is 1. The Kier molecular flexibility index (Phi) is 3.59. The minimum atomic E-state index is -0.601. The zero-order chi connectivity index (χ0) is 15.9. The summed E-state index contributed by atoms with van der Waals surface area (Å²) in [4.78, 5) is 37.0. The van der Waals surface area contributed by atoms with E-state index in [0.717, 1.165) is 5.69 Å². The minimum absolute atomic E-state index is 0.202. The van der Waals surface area contributed by atoms with Gasteiger partial charge in [0.1, 0.15) is 0 Å². The van der Waals surface area contributed by atoms with E-state index in [2.05, 4.69) is 5.32 Å². The molecule has 0 fully saturated rings. The van der Waals surface area contributed by atoms with Crippen LogP contribution in [0.1, 0.15) is 6.92 Å². The van der Waals surface area contributed by atoms with Crippen molar-refractivity contribution >= 4 is 28.3 Å². The minimum Gasteiger partial charge on any atom is -0.376 e. The Balaban J connectivity index is 2.94. The molecule has 2 aromatic rings. The molecule has 112 valence electrons.